The number of rotatable bonds is 11. The third-order valence-corrected chi connectivity index (χ3v) is 5.96. The summed E-state index contributed by atoms with van der Waals surface area (Å²) in [6, 6.07) is 14.3. The molecule has 2 aromatic heterocycles. The quantitative estimate of drug-likeness (QED) is 0.218. The average Bonchev–Trinajstić information content (AvgIpc) is 2.88. The van der Waals surface area contributed by atoms with Crippen LogP contribution >= 0.6 is 0 Å². The molecule has 0 bridgehead atoms. The molecular weight excluding hydrogens is 501 g/mol. The standard InChI is InChI=1S/C28H27F3N2O5/c1-18-24-7-6-23(36-17-21(34)16-33-13-10-19-8-11-32-12-9-19)15-26(24)37-27(35)25(18)14-20-2-4-22(5-3-20)38-28(29,30)31/h2-9,11-12,15,21,33-34H,10,13-14,16-17H2,1H3. The van der Waals surface area contributed by atoms with Gasteiger partial charge in [0.25, 0.3) is 0 Å². The molecule has 0 saturated carbocycles. The number of hydrogen-bond donors (Lipinski definition) is 2. The van der Waals surface area contributed by atoms with Crippen molar-refractivity contribution in [3.05, 3.63) is 99.7 Å². The fourth-order valence-electron chi connectivity index (χ4n) is 3.98. The second-order valence-electron chi connectivity index (χ2n) is 8.79. The van der Waals surface area contributed by atoms with Crippen molar-refractivity contribution < 1.29 is 32.2 Å². The van der Waals surface area contributed by atoms with Gasteiger partial charge in [0.15, 0.2) is 0 Å². The van der Waals surface area contributed by atoms with Gasteiger partial charge in [-0.2, -0.15) is 0 Å². The fraction of sp³-hybridized carbons (Fsp3) is 0.286. The minimum absolute atomic E-state index is 0.0586. The van der Waals surface area contributed by atoms with E-state index in [2.05, 4.69) is 15.0 Å². The van der Waals surface area contributed by atoms with Gasteiger partial charge < -0.3 is 24.3 Å². The first-order valence-electron chi connectivity index (χ1n) is 12.0. The molecule has 38 heavy (non-hydrogen) atoms. The van der Waals surface area contributed by atoms with Crippen molar-refractivity contribution in [2.45, 2.75) is 32.2 Å². The van der Waals surface area contributed by atoms with Gasteiger partial charge in [-0.05, 0) is 73.0 Å². The summed E-state index contributed by atoms with van der Waals surface area (Å²) in [6.07, 6.45) is -1.01. The molecule has 0 spiro atoms. The zero-order valence-electron chi connectivity index (χ0n) is 20.6. The number of ether oxygens (including phenoxy) is 2. The zero-order chi connectivity index (χ0) is 27.1. The number of fused-ring (bicyclic) bond motifs is 1. The summed E-state index contributed by atoms with van der Waals surface area (Å²) in [5.41, 5.74) is 2.70. The van der Waals surface area contributed by atoms with Gasteiger partial charge in [-0.1, -0.05) is 12.1 Å². The molecule has 0 aliphatic carbocycles. The highest BCUT2D eigenvalue weighted by atomic mass is 19.4. The molecule has 4 rings (SSSR count). The third kappa shape index (κ3) is 7.56. The van der Waals surface area contributed by atoms with Crippen LogP contribution in [0.25, 0.3) is 11.0 Å². The van der Waals surface area contributed by atoms with Crippen LogP contribution in [0, 0.1) is 6.92 Å². The summed E-state index contributed by atoms with van der Waals surface area (Å²) in [5, 5.41) is 14.1. The minimum atomic E-state index is -4.77. The molecule has 1 atom stereocenters. The normalized spacial score (nSPS) is 12.4. The first-order valence-corrected chi connectivity index (χ1v) is 12.0. The second kappa shape index (κ2) is 12.1. The number of nitrogens with one attached hydrogen (secondary N) is 1. The summed E-state index contributed by atoms with van der Waals surface area (Å²) >= 11 is 0. The summed E-state index contributed by atoms with van der Waals surface area (Å²) in [5.74, 6) is 0.116. The topological polar surface area (TPSA) is 93.8 Å². The molecule has 7 nitrogen and oxygen atoms in total. The minimum Gasteiger partial charge on any atom is -0.491 e. The van der Waals surface area contributed by atoms with Gasteiger partial charge in [0, 0.05) is 42.4 Å². The molecule has 2 aromatic carbocycles. The molecule has 4 aromatic rings. The third-order valence-electron chi connectivity index (χ3n) is 5.96. The van der Waals surface area contributed by atoms with Crippen molar-refractivity contribution in [1.29, 1.82) is 0 Å². The maximum Gasteiger partial charge on any atom is 0.573 e. The lowest BCUT2D eigenvalue weighted by atomic mass is 9.99. The summed E-state index contributed by atoms with van der Waals surface area (Å²) in [4.78, 5) is 16.7. The summed E-state index contributed by atoms with van der Waals surface area (Å²) in [6.45, 7) is 2.91. The van der Waals surface area contributed by atoms with E-state index in [-0.39, 0.29) is 18.8 Å². The molecule has 10 heteroatoms. The number of aliphatic hydroxyl groups is 1. The van der Waals surface area contributed by atoms with Gasteiger partial charge in [-0.25, -0.2) is 4.79 Å². The number of alkyl halides is 3. The van der Waals surface area contributed by atoms with Crippen molar-refractivity contribution >= 4 is 11.0 Å². The molecule has 0 radical (unpaired) electrons. The fourth-order valence-corrected chi connectivity index (χ4v) is 3.98. The molecule has 1 unspecified atom stereocenters. The number of benzene rings is 2. The maximum absolute atomic E-state index is 12.7. The molecule has 0 aliphatic rings. The van der Waals surface area contributed by atoms with Crippen LogP contribution < -0.4 is 20.4 Å². The van der Waals surface area contributed by atoms with Crippen molar-refractivity contribution in [2.75, 3.05) is 19.7 Å². The highest BCUT2D eigenvalue weighted by Crippen LogP contribution is 2.27. The lowest BCUT2D eigenvalue weighted by Crippen LogP contribution is -2.32. The number of nitrogens with zero attached hydrogens (tertiary/aromatic N) is 1. The lowest BCUT2D eigenvalue weighted by Gasteiger charge is -2.14. The number of halogens is 3. The highest BCUT2D eigenvalue weighted by molar-refractivity contribution is 5.82. The molecule has 200 valence electrons. The average molecular weight is 529 g/mol. The molecule has 0 fully saturated rings. The van der Waals surface area contributed by atoms with Gasteiger partial charge >= 0.3 is 12.0 Å². The Balaban J connectivity index is 1.34. The Morgan fingerprint density at radius 3 is 2.45 bits per heavy atom. The van der Waals surface area contributed by atoms with Crippen LogP contribution in [0.15, 0.2) is 76.2 Å². The second-order valence-corrected chi connectivity index (χ2v) is 8.79. The van der Waals surface area contributed by atoms with Gasteiger partial charge in [0.1, 0.15) is 29.8 Å². The van der Waals surface area contributed by atoms with E-state index in [9.17, 15) is 23.1 Å². The maximum atomic E-state index is 12.7. The SMILES string of the molecule is Cc1c(Cc2ccc(OC(F)(F)F)cc2)c(=O)oc2cc(OCC(O)CNCCc3ccncc3)ccc12. The predicted molar refractivity (Wildman–Crippen MR) is 135 cm³/mol. The van der Waals surface area contributed by atoms with Crippen LogP contribution in [-0.4, -0.2) is 42.3 Å². The number of aromatic nitrogens is 1. The van der Waals surface area contributed by atoms with Gasteiger partial charge in [-0.3, -0.25) is 4.98 Å². The molecule has 0 aliphatic heterocycles. The van der Waals surface area contributed by atoms with Crippen LogP contribution in [0.2, 0.25) is 0 Å². The largest absolute Gasteiger partial charge is 0.573 e. The Hall–Kier alpha value is -3.89. The van der Waals surface area contributed by atoms with E-state index in [4.69, 9.17) is 9.15 Å². The van der Waals surface area contributed by atoms with Crippen LogP contribution in [0.3, 0.4) is 0 Å². The van der Waals surface area contributed by atoms with Crippen LogP contribution in [0.4, 0.5) is 13.2 Å². The number of pyridine rings is 1. The molecule has 2 heterocycles. The summed E-state index contributed by atoms with van der Waals surface area (Å²) < 4.78 is 52.2. The van der Waals surface area contributed by atoms with Gasteiger partial charge in [-0.15, -0.1) is 13.2 Å². The van der Waals surface area contributed by atoms with Crippen molar-refractivity contribution in [2.24, 2.45) is 0 Å². The Morgan fingerprint density at radius 2 is 1.74 bits per heavy atom. The first-order chi connectivity index (χ1) is 18.2. The van der Waals surface area contributed by atoms with Gasteiger partial charge in [0.05, 0.1) is 0 Å². The van der Waals surface area contributed by atoms with Gasteiger partial charge in [0.2, 0.25) is 0 Å². The monoisotopic (exact) mass is 528 g/mol. The highest BCUT2D eigenvalue weighted by Gasteiger charge is 2.31. The number of hydrogen-bond acceptors (Lipinski definition) is 7. The smallest absolute Gasteiger partial charge is 0.491 e. The molecule has 0 amide bonds. The van der Waals surface area contributed by atoms with E-state index < -0.39 is 18.1 Å². The van der Waals surface area contributed by atoms with E-state index in [1.54, 1.807) is 37.5 Å². The molecular formula is C28H27F3N2O5. The summed E-state index contributed by atoms with van der Waals surface area (Å²) in [7, 11) is 0. The van der Waals surface area contributed by atoms with E-state index in [1.165, 1.54) is 24.3 Å². The first kappa shape index (κ1) is 27.2. The Bertz CT molecular complexity index is 1410. The predicted octanol–water partition coefficient (Wildman–Crippen LogP) is 4.56. The Kier molecular flexibility index (Phi) is 8.65. The number of aliphatic hydroxyl groups excluding tert-OH is 1. The molecule has 0 saturated heterocycles. The van der Waals surface area contributed by atoms with E-state index in [0.29, 0.717) is 46.5 Å². The van der Waals surface area contributed by atoms with Crippen LogP contribution in [0.5, 0.6) is 11.5 Å². The van der Waals surface area contributed by atoms with Crippen molar-refractivity contribution in [3.63, 3.8) is 0 Å². The zero-order valence-corrected chi connectivity index (χ0v) is 20.6. The van der Waals surface area contributed by atoms with E-state index in [1.807, 2.05) is 12.1 Å². The lowest BCUT2D eigenvalue weighted by molar-refractivity contribution is -0.274. The Morgan fingerprint density at radius 1 is 1.03 bits per heavy atom. The Labute approximate surface area is 216 Å². The van der Waals surface area contributed by atoms with Crippen molar-refractivity contribution in [3.8, 4) is 11.5 Å². The van der Waals surface area contributed by atoms with Crippen LogP contribution in [-0.2, 0) is 12.8 Å². The van der Waals surface area contributed by atoms with E-state index in [0.717, 1.165) is 12.0 Å². The van der Waals surface area contributed by atoms with Crippen LogP contribution in [0.1, 0.15) is 22.3 Å². The van der Waals surface area contributed by atoms with E-state index >= 15 is 0 Å². The molecule has 2 N–H and O–H groups in total. The van der Waals surface area contributed by atoms with Crippen molar-refractivity contribution in [1.82, 2.24) is 10.3 Å². The number of aryl methyl sites for hydroxylation is 1.